The third-order valence-corrected chi connectivity index (χ3v) is 4.70. The Bertz CT molecular complexity index is 427. The van der Waals surface area contributed by atoms with Crippen molar-refractivity contribution in [3.63, 3.8) is 0 Å². The number of thiazole rings is 1. The zero-order chi connectivity index (χ0) is 14.4. The van der Waals surface area contributed by atoms with E-state index < -0.39 is 0 Å². The van der Waals surface area contributed by atoms with Crippen LogP contribution in [0.1, 0.15) is 56.7 Å². The van der Waals surface area contributed by atoms with Gasteiger partial charge in [-0.2, -0.15) is 0 Å². The molecule has 4 nitrogen and oxygen atoms in total. The number of rotatable bonds is 7. The van der Waals surface area contributed by atoms with Crippen LogP contribution in [0.2, 0.25) is 0 Å². The van der Waals surface area contributed by atoms with Gasteiger partial charge in [-0.05, 0) is 32.6 Å². The van der Waals surface area contributed by atoms with Gasteiger partial charge in [0, 0.05) is 18.0 Å². The molecule has 0 aromatic carbocycles. The Balaban J connectivity index is 1.72. The normalized spacial score (nSPS) is 17.3. The molecule has 0 aliphatic heterocycles. The van der Waals surface area contributed by atoms with Crippen LogP contribution in [0.3, 0.4) is 0 Å². The van der Waals surface area contributed by atoms with E-state index in [0.29, 0.717) is 12.6 Å². The standard InChI is InChI=1S/C15H25N3OS/c1-3-6-14-17-13(10-20-14)9-16-11(2)15(19)18-12-7-4-5-8-12/h10-12,16H,3-9H2,1-2H3,(H,18,19)/t11-/m0/s1. The Morgan fingerprint density at radius 1 is 1.50 bits per heavy atom. The van der Waals surface area contributed by atoms with Gasteiger partial charge in [0.15, 0.2) is 0 Å². The molecule has 112 valence electrons. The molecule has 2 N–H and O–H groups in total. The first-order chi connectivity index (χ1) is 9.69. The molecular formula is C15H25N3OS. The minimum absolute atomic E-state index is 0.112. The maximum Gasteiger partial charge on any atom is 0.237 e. The van der Waals surface area contributed by atoms with Gasteiger partial charge in [-0.1, -0.05) is 19.8 Å². The van der Waals surface area contributed by atoms with E-state index in [1.807, 2.05) is 6.92 Å². The highest BCUT2D eigenvalue weighted by Crippen LogP contribution is 2.17. The molecule has 20 heavy (non-hydrogen) atoms. The molecule has 1 aromatic rings. The molecule has 0 bridgehead atoms. The van der Waals surface area contributed by atoms with E-state index in [0.717, 1.165) is 31.4 Å². The summed E-state index contributed by atoms with van der Waals surface area (Å²) in [6, 6.07) is 0.231. The number of hydrogen-bond donors (Lipinski definition) is 2. The molecule has 1 heterocycles. The SMILES string of the molecule is CCCc1nc(CN[C@@H](C)C(=O)NC2CCCC2)cs1. The highest BCUT2D eigenvalue weighted by Gasteiger charge is 2.20. The first kappa shape index (κ1) is 15.4. The highest BCUT2D eigenvalue weighted by atomic mass is 32.1. The molecule has 1 saturated carbocycles. The first-order valence-corrected chi connectivity index (χ1v) is 8.54. The monoisotopic (exact) mass is 295 g/mol. The molecule has 1 aliphatic rings. The van der Waals surface area contributed by atoms with Crippen LogP contribution in [-0.2, 0) is 17.8 Å². The lowest BCUT2D eigenvalue weighted by Crippen LogP contribution is -2.45. The fourth-order valence-electron chi connectivity index (χ4n) is 2.51. The molecule has 0 radical (unpaired) electrons. The summed E-state index contributed by atoms with van der Waals surface area (Å²) in [6.45, 7) is 4.75. The second kappa shape index (κ2) is 7.74. The lowest BCUT2D eigenvalue weighted by molar-refractivity contribution is -0.123. The Hall–Kier alpha value is -0.940. The van der Waals surface area contributed by atoms with Gasteiger partial charge >= 0.3 is 0 Å². The van der Waals surface area contributed by atoms with Crippen molar-refractivity contribution in [2.75, 3.05) is 0 Å². The number of nitrogens with zero attached hydrogens (tertiary/aromatic N) is 1. The molecule has 2 rings (SSSR count). The van der Waals surface area contributed by atoms with Crippen molar-refractivity contribution >= 4 is 17.2 Å². The van der Waals surface area contributed by atoms with Crippen LogP contribution in [0.15, 0.2) is 5.38 Å². The summed E-state index contributed by atoms with van der Waals surface area (Å²) in [6.07, 6.45) is 6.91. The van der Waals surface area contributed by atoms with Crippen molar-refractivity contribution in [1.29, 1.82) is 0 Å². The van der Waals surface area contributed by atoms with Crippen LogP contribution in [0.5, 0.6) is 0 Å². The minimum atomic E-state index is -0.160. The lowest BCUT2D eigenvalue weighted by atomic mass is 10.2. The second-order valence-corrected chi connectivity index (χ2v) is 6.52. The van der Waals surface area contributed by atoms with E-state index in [-0.39, 0.29) is 11.9 Å². The van der Waals surface area contributed by atoms with Gasteiger partial charge in [-0.25, -0.2) is 4.98 Å². The fourth-order valence-corrected chi connectivity index (χ4v) is 3.41. The van der Waals surface area contributed by atoms with Gasteiger partial charge in [-0.3, -0.25) is 4.79 Å². The van der Waals surface area contributed by atoms with Crippen molar-refractivity contribution in [1.82, 2.24) is 15.6 Å². The molecule has 1 atom stereocenters. The summed E-state index contributed by atoms with van der Waals surface area (Å²) < 4.78 is 0. The maximum atomic E-state index is 12.0. The van der Waals surface area contributed by atoms with Gasteiger partial charge in [0.1, 0.15) is 0 Å². The van der Waals surface area contributed by atoms with Gasteiger partial charge in [0.05, 0.1) is 16.7 Å². The first-order valence-electron chi connectivity index (χ1n) is 7.66. The van der Waals surface area contributed by atoms with Crippen LogP contribution in [-0.4, -0.2) is 23.0 Å². The predicted octanol–water partition coefficient (Wildman–Crippen LogP) is 2.63. The topological polar surface area (TPSA) is 54.0 Å². The average molecular weight is 295 g/mol. The summed E-state index contributed by atoms with van der Waals surface area (Å²) in [7, 11) is 0. The Morgan fingerprint density at radius 3 is 2.95 bits per heavy atom. The molecule has 0 unspecified atom stereocenters. The Kier molecular flexibility index (Phi) is 5.98. The third-order valence-electron chi connectivity index (χ3n) is 3.75. The number of aryl methyl sites for hydroxylation is 1. The van der Waals surface area contributed by atoms with Crippen molar-refractivity contribution < 1.29 is 4.79 Å². The molecule has 1 amide bonds. The van der Waals surface area contributed by atoms with Crippen LogP contribution in [0.25, 0.3) is 0 Å². The zero-order valence-electron chi connectivity index (χ0n) is 12.4. The van der Waals surface area contributed by atoms with E-state index >= 15 is 0 Å². The summed E-state index contributed by atoms with van der Waals surface area (Å²) in [5.41, 5.74) is 1.04. The number of nitrogens with one attached hydrogen (secondary N) is 2. The number of carbonyl (C=O) groups excluding carboxylic acids is 1. The summed E-state index contributed by atoms with van der Waals surface area (Å²) in [5.74, 6) is 0.112. The number of carbonyl (C=O) groups is 1. The molecular weight excluding hydrogens is 270 g/mol. The summed E-state index contributed by atoms with van der Waals surface area (Å²) in [4.78, 5) is 16.6. The molecule has 0 saturated heterocycles. The van der Waals surface area contributed by atoms with Crippen molar-refractivity contribution in [3.05, 3.63) is 16.1 Å². The fraction of sp³-hybridized carbons (Fsp3) is 0.733. The highest BCUT2D eigenvalue weighted by molar-refractivity contribution is 7.09. The minimum Gasteiger partial charge on any atom is -0.352 e. The van der Waals surface area contributed by atoms with Crippen molar-refractivity contribution in [3.8, 4) is 0 Å². The molecule has 5 heteroatoms. The maximum absolute atomic E-state index is 12.0. The number of aromatic nitrogens is 1. The van der Waals surface area contributed by atoms with Gasteiger partial charge in [-0.15, -0.1) is 11.3 Å². The van der Waals surface area contributed by atoms with E-state index in [1.54, 1.807) is 11.3 Å². The quantitative estimate of drug-likeness (QED) is 0.813. The van der Waals surface area contributed by atoms with E-state index in [4.69, 9.17) is 0 Å². The van der Waals surface area contributed by atoms with Crippen molar-refractivity contribution in [2.24, 2.45) is 0 Å². The van der Waals surface area contributed by atoms with E-state index in [1.165, 1.54) is 17.8 Å². The van der Waals surface area contributed by atoms with Gasteiger partial charge in [0.25, 0.3) is 0 Å². The smallest absolute Gasteiger partial charge is 0.237 e. The van der Waals surface area contributed by atoms with Crippen molar-refractivity contribution in [2.45, 2.75) is 71.0 Å². The van der Waals surface area contributed by atoms with Crippen LogP contribution in [0, 0.1) is 0 Å². The molecule has 1 aliphatic carbocycles. The average Bonchev–Trinajstić information content (AvgIpc) is 3.08. The summed E-state index contributed by atoms with van der Waals surface area (Å²) in [5, 5.41) is 9.65. The second-order valence-electron chi connectivity index (χ2n) is 5.58. The Morgan fingerprint density at radius 2 is 2.25 bits per heavy atom. The van der Waals surface area contributed by atoms with Crippen LogP contribution in [0.4, 0.5) is 0 Å². The predicted molar refractivity (Wildman–Crippen MR) is 82.8 cm³/mol. The third kappa shape index (κ3) is 4.56. The molecule has 0 spiro atoms. The Labute approximate surface area is 125 Å². The van der Waals surface area contributed by atoms with E-state index in [2.05, 4.69) is 27.9 Å². The number of amides is 1. The van der Waals surface area contributed by atoms with Crippen LogP contribution < -0.4 is 10.6 Å². The molecule has 1 fully saturated rings. The van der Waals surface area contributed by atoms with E-state index in [9.17, 15) is 4.79 Å². The lowest BCUT2D eigenvalue weighted by Gasteiger charge is -2.17. The zero-order valence-corrected chi connectivity index (χ0v) is 13.3. The van der Waals surface area contributed by atoms with Crippen LogP contribution >= 0.6 is 11.3 Å². The van der Waals surface area contributed by atoms with Gasteiger partial charge in [0.2, 0.25) is 5.91 Å². The number of hydrogen-bond acceptors (Lipinski definition) is 4. The molecule has 1 aromatic heterocycles. The summed E-state index contributed by atoms with van der Waals surface area (Å²) >= 11 is 1.71. The van der Waals surface area contributed by atoms with Gasteiger partial charge < -0.3 is 10.6 Å². The largest absolute Gasteiger partial charge is 0.352 e.